The molecule has 0 bridgehead atoms. The first-order valence-electron chi connectivity index (χ1n) is 13.8. The Morgan fingerprint density at radius 3 is 1.85 bits per heavy atom. The third-order valence-corrected chi connectivity index (χ3v) is 7.85. The summed E-state index contributed by atoms with van der Waals surface area (Å²) >= 11 is 0. The van der Waals surface area contributed by atoms with Gasteiger partial charge in [0.2, 0.25) is 0 Å². The second-order valence-electron chi connectivity index (χ2n) is 10.7. The van der Waals surface area contributed by atoms with Gasteiger partial charge in [0, 0.05) is 17.2 Å². The van der Waals surface area contributed by atoms with E-state index in [0.717, 1.165) is 56.4 Å². The Bertz CT molecular complexity index is 1280. The van der Waals surface area contributed by atoms with Crippen molar-refractivity contribution in [2.45, 2.75) is 77.5 Å². The predicted octanol–water partition coefficient (Wildman–Crippen LogP) is 10.8. The van der Waals surface area contributed by atoms with E-state index in [2.05, 4.69) is 6.92 Å². The quantitative estimate of drug-likeness (QED) is 0.210. The van der Waals surface area contributed by atoms with Crippen LogP contribution >= 0.6 is 0 Å². The molecule has 0 aromatic heterocycles. The van der Waals surface area contributed by atoms with Gasteiger partial charge in [-0.05, 0) is 59.7 Å². The second kappa shape index (κ2) is 13.1. The van der Waals surface area contributed by atoms with Crippen molar-refractivity contribution in [3.8, 4) is 28.0 Å². The van der Waals surface area contributed by atoms with Crippen LogP contribution in [-0.2, 0) is 6.67 Å². The summed E-state index contributed by atoms with van der Waals surface area (Å²) < 4.78 is 104. The highest BCUT2D eigenvalue weighted by atomic mass is 19.3. The molecule has 0 saturated heterocycles. The molecule has 1 saturated carbocycles. The van der Waals surface area contributed by atoms with Gasteiger partial charge in [-0.2, -0.15) is 8.78 Å². The number of halogens is 7. The van der Waals surface area contributed by atoms with E-state index in [9.17, 15) is 30.7 Å². The van der Waals surface area contributed by atoms with Gasteiger partial charge in [-0.25, -0.2) is 22.0 Å². The topological polar surface area (TPSA) is 9.23 Å². The van der Waals surface area contributed by atoms with Crippen molar-refractivity contribution in [3.05, 3.63) is 77.4 Å². The fourth-order valence-electron chi connectivity index (χ4n) is 5.49. The van der Waals surface area contributed by atoms with Crippen molar-refractivity contribution in [2.75, 3.05) is 0 Å². The van der Waals surface area contributed by atoms with Gasteiger partial charge < -0.3 is 4.74 Å². The van der Waals surface area contributed by atoms with Crippen LogP contribution in [0.15, 0.2) is 48.5 Å². The third kappa shape index (κ3) is 7.38. The summed E-state index contributed by atoms with van der Waals surface area (Å²) in [7, 11) is 0. The maximum atomic E-state index is 14.9. The zero-order chi connectivity index (χ0) is 28.9. The number of alkyl halides is 3. The van der Waals surface area contributed by atoms with Crippen LogP contribution in [0.3, 0.4) is 0 Å². The lowest BCUT2D eigenvalue weighted by Crippen LogP contribution is -2.26. The lowest BCUT2D eigenvalue weighted by molar-refractivity contribution is -0.183. The van der Waals surface area contributed by atoms with Gasteiger partial charge in [-0.3, -0.25) is 0 Å². The van der Waals surface area contributed by atoms with Gasteiger partial charge in [0.1, 0.15) is 35.7 Å². The molecule has 0 aliphatic heterocycles. The number of ether oxygens (including phenoxy) is 1. The highest BCUT2D eigenvalue weighted by Crippen LogP contribution is 2.38. The molecule has 1 aliphatic rings. The highest BCUT2D eigenvalue weighted by molar-refractivity contribution is 5.72. The van der Waals surface area contributed by atoms with Crippen LogP contribution < -0.4 is 4.74 Å². The summed E-state index contributed by atoms with van der Waals surface area (Å²) in [5, 5.41) is 0. The van der Waals surface area contributed by atoms with E-state index < -0.39 is 48.0 Å². The van der Waals surface area contributed by atoms with Gasteiger partial charge in [-0.15, -0.1) is 0 Å². The first-order valence-corrected chi connectivity index (χ1v) is 13.8. The molecule has 1 aliphatic carbocycles. The SMILES string of the molecule is CCCCC1CCC(CCC(F)(F)Oc2ccc(-c3ccc(-c4cc(F)c(CF)c(F)c4)c(F)c3)c(F)c2)CC1. The Balaban J connectivity index is 1.39. The monoisotopic (exact) mass is 566 g/mol. The number of rotatable bonds is 11. The number of benzene rings is 3. The summed E-state index contributed by atoms with van der Waals surface area (Å²) in [6.45, 7) is 0.821. The molecule has 216 valence electrons. The van der Waals surface area contributed by atoms with Crippen molar-refractivity contribution in [1.29, 1.82) is 0 Å². The Hall–Kier alpha value is -3.03. The minimum absolute atomic E-state index is 0.0638. The minimum Gasteiger partial charge on any atom is -0.432 e. The zero-order valence-corrected chi connectivity index (χ0v) is 22.4. The Morgan fingerprint density at radius 2 is 1.27 bits per heavy atom. The molecule has 0 amide bonds. The van der Waals surface area contributed by atoms with Crippen LogP contribution in [0, 0.1) is 35.1 Å². The average Bonchev–Trinajstić information content (AvgIpc) is 2.91. The van der Waals surface area contributed by atoms with Gasteiger partial charge in [0.15, 0.2) is 0 Å². The van der Waals surface area contributed by atoms with Crippen molar-refractivity contribution in [3.63, 3.8) is 0 Å². The summed E-state index contributed by atoms with van der Waals surface area (Å²) in [5.41, 5.74) is -1.03. The van der Waals surface area contributed by atoms with Crippen molar-refractivity contribution >= 4 is 0 Å². The highest BCUT2D eigenvalue weighted by Gasteiger charge is 2.33. The van der Waals surface area contributed by atoms with Crippen LogP contribution in [0.2, 0.25) is 0 Å². The molecule has 4 rings (SSSR count). The maximum absolute atomic E-state index is 14.9. The molecule has 0 N–H and O–H groups in total. The molecule has 0 atom stereocenters. The standard InChI is InChI=1S/C32H33F7O/c1-2-3-4-20-5-7-21(8-6-20)13-14-32(38,39)40-24-10-12-25(31(37)18-24)22-9-11-26(28(34)15-22)23-16-29(35)27(19-33)30(36)17-23/h9-12,15-18,20-21H,2-8,13-14,19H2,1H3. The molecule has 1 nitrogen and oxygen atoms in total. The van der Waals surface area contributed by atoms with E-state index >= 15 is 0 Å². The number of unbranched alkanes of at least 4 members (excludes halogenated alkanes) is 1. The Labute approximate surface area is 230 Å². The molecule has 3 aromatic carbocycles. The molecular weight excluding hydrogens is 533 g/mol. The van der Waals surface area contributed by atoms with Gasteiger partial charge in [0.05, 0.1) is 12.0 Å². The largest absolute Gasteiger partial charge is 0.432 e. The first kappa shape index (κ1) is 29.9. The molecular formula is C32H33F7O. The van der Waals surface area contributed by atoms with E-state index in [0.29, 0.717) is 12.3 Å². The molecule has 0 spiro atoms. The summed E-state index contributed by atoms with van der Waals surface area (Å²) in [6, 6.07) is 8.39. The number of hydrogen-bond donors (Lipinski definition) is 0. The first-order chi connectivity index (χ1) is 19.1. The molecule has 0 unspecified atom stereocenters. The Kier molecular flexibility index (Phi) is 9.80. The van der Waals surface area contributed by atoms with Gasteiger partial charge >= 0.3 is 6.11 Å². The van der Waals surface area contributed by atoms with Gasteiger partial charge in [-0.1, -0.05) is 64.0 Å². The molecule has 1 fully saturated rings. The van der Waals surface area contributed by atoms with Crippen LogP contribution in [-0.4, -0.2) is 6.11 Å². The second-order valence-corrected chi connectivity index (χ2v) is 10.7. The van der Waals surface area contributed by atoms with E-state index in [4.69, 9.17) is 4.74 Å². The fourth-order valence-corrected chi connectivity index (χ4v) is 5.49. The lowest BCUT2D eigenvalue weighted by atomic mass is 9.78. The molecule has 8 heteroatoms. The van der Waals surface area contributed by atoms with E-state index in [1.165, 1.54) is 37.1 Å². The number of hydrogen-bond acceptors (Lipinski definition) is 1. The summed E-state index contributed by atoms with van der Waals surface area (Å²) in [5.74, 6) is -3.49. The van der Waals surface area contributed by atoms with Crippen LogP contribution in [0.4, 0.5) is 30.7 Å². The Morgan fingerprint density at radius 1 is 0.725 bits per heavy atom. The van der Waals surface area contributed by atoms with E-state index in [1.54, 1.807) is 0 Å². The summed E-state index contributed by atoms with van der Waals surface area (Å²) in [6.07, 6.45) is 4.03. The molecule has 0 heterocycles. The average molecular weight is 567 g/mol. The fraction of sp³-hybridized carbons (Fsp3) is 0.438. The summed E-state index contributed by atoms with van der Waals surface area (Å²) in [4.78, 5) is 0. The minimum atomic E-state index is -3.46. The van der Waals surface area contributed by atoms with Crippen LogP contribution in [0.5, 0.6) is 5.75 Å². The van der Waals surface area contributed by atoms with Gasteiger partial charge in [0.25, 0.3) is 0 Å². The lowest BCUT2D eigenvalue weighted by Gasteiger charge is -2.29. The molecule has 40 heavy (non-hydrogen) atoms. The van der Waals surface area contributed by atoms with E-state index in [1.807, 2.05) is 0 Å². The van der Waals surface area contributed by atoms with Crippen molar-refractivity contribution < 1.29 is 35.5 Å². The maximum Gasteiger partial charge on any atom is 0.397 e. The normalized spacial score (nSPS) is 17.7. The smallest absolute Gasteiger partial charge is 0.397 e. The van der Waals surface area contributed by atoms with Crippen LogP contribution in [0.1, 0.15) is 70.3 Å². The van der Waals surface area contributed by atoms with Crippen molar-refractivity contribution in [1.82, 2.24) is 0 Å². The molecule has 3 aromatic rings. The van der Waals surface area contributed by atoms with E-state index in [-0.39, 0.29) is 33.9 Å². The third-order valence-electron chi connectivity index (χ3n) is 7.85. The predicted molar refractivity (Wildman–Crippen MR) is 142 cm³/mol. The molecule has 0 radical (unpaired) electrons. The van der Waals surface area contributed by atoms with Crippen molar-refractivity contribution in [2.24, 2.45) is 11.8 Å². The zero-order valence-electron chi connectivity index (χ0n) is 22.4. The van der Waals surface area contributed by atoms with Crippen LogP contribution in [0.25, 0.3) is 22.3 Å².